The summed E-state index contributed by atoms with van der Waals surface area (Å²) in [5.41, 5.74) is 2.95. The molecule has 2 unspecified atom stereocenters. The van der Waals surface area contributed by atoms with Crippen LogP contribution in [0.5, 0.6) is 0 Å². The van der Waals surface area contributed by atoms with E-state index < -0.39 is 0 Å². The summed E-state index contributed by atoms with van der Waals surface area (Å²) in [4.78, 5) is 2.00. The van der Waals surface area contributed by atoms with E-state index in [0.717, 1.165) is 6.54 Å². The van der Waals surface area contributed by atoms with Crippen LogP contribution in [0.15, 0.2) is 24.3 Å². The van der Waals surface area contributed by atoms with Crippen molar-refractivity contribution in [2.24, 2.45) is 0 Å². The minimum Gasteiger partial charge on any atom is -0.390 e. The van der Waals surface area contributed by atoms with Gasteiger partial charge in [-0.05, 0) is 31.6 Å². The van der Waals surface area contributed by atoms with E-state index in [1.165, 1.54) is 17.5 Å². The van der Waals surface area contributed by atoms with Gasteiger partial charge < -0.3 is 15.3 Å². The van der Waals surface area contributed by atoms with E-state index in [-0.39, 0.29) is 6.10 Å². The molecule has 0 fully saturated rings. The lowest BCUT2D eigenvalue weighted by molar-refractivity contribution is 0.134. The molecule has 2 rings (SSSR count). The van der Waals surface area contributed by atoms with Gasteiger partial charge in [-0.15, -0.1) is 0 Å². The maximum Gasteiger partial charge on any atom is 0.0791 e. The van der Waals surface area contributed by atoms with Crippen molar-refractivity contribution in [2.45, 2.75) is 18.4 Å². The lowest BCUT2D eigenvalue weighted by Crippen LogP contribution is -2.38. The molecule has 0 spiro atoms. The van der Waals surface area contributed by atoms with Crippen molar-refractivity contribution in [2.75, 3.05) is 33.7 Å². The van der Waals surface area contributed by atoms with Gasteiger partial charge >= 0.3 is 0 Å². The van der Waals surface area contributed by atoms with Crippen LogP contribution in [0.25, 0.3) is 0 Å². The molecular weight excluding hydrogens is 212 g/mol. The maximum absolute atomic E-state index is 9.71. The Morgan fingerprint density at radius 1 is 1.41 bits per heavy atom. The van der Waals surface area contributed by atoms with Gasteiger partial charge in [0, 0.05) is 25.6 Å². The van der Waals surface area contributed by atoms with Gasteiger partial charge in [-0.1, -0.05) is 24.3 Å². The molecule has 1 aromatic carbocycles. The highest BCUT2D eigenvalue weighted by atomic mass is 16.3. The van der Waals surface area contributed by atoms with Gasteiger partial charge in [0.15, 0.2) is 0 Å². The fourth-order valence-electron chi connectivity index (χ4n) is 2.46. The molecule has 0 amide bonds. The molecule has 1 aromatic rings. The Kier molecular flexibility index (Phi) is 4.15. The zero-order valence-corrected chi connectivity index (χ0v) is 10.7. The molecule has 3 nitrogen and oxygen atoms in total. The van der Waals surface area contributed by atoms with Crippen LogP contribution in [0.1, 0.15) is 17.0 Å². The Bertz CT molecular complexity index is 365. The average Bonchev–Trinajstić information content (AvgIpc) is 2.23. The molecule has 1 aliphatic rings. The number of hydrogen-bond acceptors (Lipinski definition) is 3. The molecule has 0 bridgehead atoms. The quantitative estimate of drug-likeness (QED) is 0.765. The smallest absolute Gasteiger partial charge is 0.0791 e. The summed E-state index contributed by atoms with van der Waals surface area (Å²) >= 11 is 0. The van der Waals surface area contributed by atoms with Crippen molar-refractivity contribution >= 4 is 0 Å². The second kappa shape index (κ2) is 5.63. The molecular formula is C14H22N2O. The lowest BCUT2D eigenvalue weighted by Gasteiger charge is -2.30. The van der Waals surface area contributed by atoms with Crippen molar-refractivity contribution in [1.82, 2.24) is 10.2 Å². The fraction of sp³-hybridized carbons (Fsp3) is 0.571. The lowest BCUT2D eigenvalue weighted by atomic mass is 9.77. The minimum atomic E-state index is -0.277. The predicted molar refractivity (Wildman–Crippen MR) is 70.3 cm³/mol. The summed E-state index contributed by atoms with van der Waals surface area (Å²) in [6.45, 7) is 2.37. The number of rotatable bonds is 6. The zero-order valence-electron chi connectivity index (χ0n) is 10.7. The van der Waals surface area contributed by atoms with E-state index in [1.54, 1.807) is 0 Å². The van der Waals surface area contributed by atoms with Gasteiger partial charge in [0.2, 0.25) is 0 Å². The third-order valence-electron chi connectivity index (χ3n) is 3.31. The first-order chi connectivity index (χ1) is 8.16. The first kappa shape index (κ1) is 12.6. The Morgan fingerprint density at radius 2 is 2.18 bits per heavy atom. The van der Waals surface area contributed by atoms with Gasteiger partial charge in [0.1, 0.15) is 0 Å². The topological polar surface area (TPSA) is 35.5 Å². The standard InChI is InChI=1S/C14H22N2O/c1-16(2)10-13(17)9-15-8-12-7-11-5-3-4-6-14(11)12/h3-6,12-13,15,17H,7-10H2,1-2H3. The highest BCUT2D eigenvalue weighted by Crippen LogP contribution is 2.33. The third kappa shape index (κ3) is 3.28. The Morgan fingerprint density at radius 3 is 2.88 bits per heavy atom. The summed E-state index contributed by atoms with van der Waals surface area (Å²) in [5.74, 6) is 0.637. The minimum absolute atomic E-state index is 0.277. The van der Waals surface area contributed by atoms with Gasteiger partial charge in [-0.25, -0.2) is 0 Å². The highest BCUT2D eigenvalue weighted by Gasteiger charge is 2.24. The number of aliphatic hydroxyl groups excluding tert-OH is 1. The van der Waals surface area contributed by atoms with E-state index in [4.69, 9.17) is 0 Å². The molecule has 0 aliphatic heterocycles. The number of fused-ring (bicyclic) bond motifs is 1. The second-order valence-electron chi connectivity index (χ2n) is 5.17. The van der Waals surface area contributed by atoms with Crippen LogP contribution in [0.3, 0.4) is 0 Å². The van der Waals surface area contributed by atoms with Crippen molar-refractivity contribution < 1.29 is 5.11 Å². The van der Waals surface area contributed by atoms with Crippen molar-refractivity contribution in [3.05, 3.63) is 35.4 Å². The molecule has 0 saturated heterocycles. The number of hydrogen-bond donors (Lipinski definition) is 2. The van der Waals surface area contributed by atoms with Crippen molar-refractivity contribution in [3.63, 3.8) is 0 Å². The molecule has 94 valence electrons. The van der Waals surface area contributed by atoms with Crippen LogP contribution >= 0.6 is 0 Å². The first-order valence-corrected chi connectivity index (χ1v) is 6.28. The van der Waals surface area contributed by atoms with E-state index in [0.29, 0.717) is 19.0 Å². The number of nitrogens with one attached hydrogen (secondary N) is 1. The van der Waals surface area contributed by atoms with Crippen molar-refractivity contribution in [1.29, 1.82) is 0 Å². The number of benzene rings is 1. The normalized spacial score (nSPS) is 19.9. The van der Waals surface area contributed by atoms with Crippen LogP contribution in [0.4, 0.5) is 0 Å². The Hall–Kier alpha value is -0.900. The van der Waals surface area contributed by atoms with E-state index in [1.807, 2.05) is 19.0 Å². The van der Waals surface area contributed by atoms with E-state index in [9.17, 15) is 5.11 Å². The molecule has 0 saturated carbocycles. The van der Waals surface area contributed by atoms with Gasteiger partial charge in [0.25, 0.3) is 0 Å². The molecule has 2 atom stereocenters. The van der Waals surface area contributed by atoms with Crippen LogP contribution < -0.4 is 5.32 Å². The number of nitrogens with zero attached hydrogens (tertiary/aromatic N) is 1. The summed E-state index contributed by atoms with van der Waals surface area (Å²) in [7, 11) is 3.96. The molecule has 0 radical (unpaired) electrons. The highest BCUT2D eigenvalue weighted by molar-refractivity contribution is 5.40. The summed E-state index contributed by atoms with van der Waals surface area (Å²) < 4.78 is 0. The maximum atomic E-state index is 9.71. The molecule has 0 aromatic heterocycles. The molecule has 3 heteroatoms. The van der Waals surface area contributed by atoms with Gasteiger partial charge in [-0.3, -0.25) is 0 Å². The monoisotopic (exact) mass is 234 g/mol. The van der Waals surface area contributed by atoms with Crippen molar-refractivity contribution in [3.8, 4) is 0 Å². The fourth-order valence-corrected chi connectivity index (χ4v) is 2.46. The predicted octanol–water partition coefficient (Wildman–Crippen LogP) is 0.838. The van der Waals surface area contributed by atoms with Crippen LogP contribution in [-0.2, 0) is 6.42 Å². The summed E-state index contributed by atoms with van der Waals surface area (Å²) in [5, 5.41) is 13.1. The van der Waals surface area contributed by atoms with Crippen LogP contribution in [0, 0.1) is 0 Å². The van der Waals surface area contributed by atoms with Gasteiger partial charge in [0.05, 0.1) is 6.10 Å². The Labute approximate surface area is 103 Å². The molecule has 2 N–H and O–H groups in total. The SMILES string of the molecule is CN(C)CC(O)CNCC1Cc2ccccc21. The van der Waals surface area contributed by atoms with E-state index >= 15 is 0 Å². The summed E-state index contributed by atoms with van der Waals surface area (Å²) in [6, 6.07) is 8.61. The number of aliphatic hydroxyl groups is 1. The molecule has 1 aliphatic carbocycles. The molecule has 17 heavy (non-hydrogen) atoms. The first-order valence-electron chi connectivity index (χ1n) is 6.28. The van der Waals surface area contributed by atoms with Gasteiger partial charge in [-0.2, -0.15) is 0 Å². The summed E-state index contributed by atoms with van der Waals surface area (Å²) in [6.07, 6.45) is 0.896. The van der Waals surface area contributed by atoms with E-state index in [2.05, 4.69) is 29.6 Å². The van der Waals surface area contributed by atoms with Crippen LogP contribution in [0.2, 0.25) is 0 Å². The average molecular weight is 234 g/mol. The largest absolute Gasteiger partial charge is 0.390 e. The second-order valence-corrected chi connectivity index (χ2v) is 5.17. The number of likely N-dealkylation sites (N-methyl/N-ethyl adjacent to an activating group) is 1. The van der Waals surface area contributed by atoms with Crippen LogP contribution in [-0.4, -0.2) is 49.8 Å². The Balaban J connectivity index is 1.68. The third-order valence-corrected chi connectivity index (χ3v) is 3.31. The zero-order chi connectivity index (χ0) is 12.3. The molecule has 0 heterocycles.